The van der Waals surface area contributed by atoms with Crippen LogP contribution in [-0.2, 0) is 14.8 Å². The molecule has 20 heavy (non-hydrogen) atoms. The lowest BCUT2D eigenvalue weighted by atomic mass is 10.2. The number of rotatable bonds is 8. The second-order valence-corrected chi connectivity index (χ2v) is 7.65. The van der Waals surface area contributed by atoms with Crippen molar-refractivity contribution in [3.63, 3.8) is 0 Å². The highest BCUT2D eigenvalue weighted by atomic mass is 32.2. The SMILES string of the molecule is CCN(CC)C(=O)CCCN(C)S(=O)(=O)c1cccs1. The normalized spacial score (nSPS) is 11.8. The molecule has 0 fully saturated rings. The fourth-order valence-corrected chi connectivity index (χ4v) is 4.28. The summed E-state index contributed by atoms with van der Waals surface area (Å²) >= 11 is 1.21. The van der Waals surface area contributed by atoms with Crippen LogP contribution >= 0.6 is 11.3 Å². The third kappa shape index (κ3) is 4.29. The van der Waals surface area contributed by atoms with E-state index in [4.69, 9.17) is 0 Å². The van der Waals surface area contributed by atoms with Gasteiger partial charge < -0.3 is 4.90 Å². The molecule has 1 aromatic rings. The van der Waals surface area contributed by atoms with Gasteiger partial charge in [-0.25, -0.2) is 12.7 Å². The van der Waals surface area contributed by atoms with Gasteiger partial charge in [0.25, 0.3) is 10.0 Å². The zero-order valence-corrected chi connectivity index (χ0v) is 13.8. The topological polar surface area (TPSA) is 57.7 Å². The van der Waals surface area contributed by atoms with E-state index in [2.05, 4.69) is 0 Å². The van der Waals surface area contributed by atoms with Crippen LogP contribution in [0.5, 0.6) is 0 Å². The van der Waals surface area contributed by atoms with Gasteiger partial charge in [-0.1, -0.05) is 6.07 Å². The summed E-state index contributed by atoms with van der Waals surface area (Å²) in [5.41, 5.74) is 0. The molecular formula is C13H22N2O3S2. The summed E-state index contributed by atoms with van der Waals surface area (Å²) in [5, 5.41) is 1.74. The van der Waals surface area contributed by atoms with Crippen LogP contribution in [0, 0.1) is 0 Å². The van der Waals surface area contributed by atoms with E-state index >= 15 is 0 Å². The average Bonchev–Trinajstić information content (AvgIpc) is 2.94. The minimum atomic E-state index is -3.40. The standard InChI is InChI=1S/C13H22N2O3S2/c1-4-15(5-2)12(16)8-6-10-14(3)20(17,18)13-9-7-11-19-13/h7,9,11H,4-6,8,10H2,1-3H3. The number of carbonyl (C=O) groups is 1. The van der Waals surface area contributed by atoms with E-state index in [1.807, 2.05) is 13.8 Å². The second kappa shape index (κ2) is 7.75. The lowest BCUT2D eigenvalue weighted by molar-refractivity contribution is -0.130. The monoisotopic (exact) mass is 318 g/mol. The third-order valence-corrected chi connectivity index (χ3v) is 6.37. The van der Waals surface area contributed by atoms with Crippen molar-refractivity contribution in [3.8, 4) is 0 Å². The number of thiophene rings is 1. The quantitative estimate of drug-likeness (QED) is 0.737. The largest absolute Gasteiger partial charge is 0.343 e. The van der Waals surface area contributed by atoms with Crippen LogP contribution in [0.4, 0.5) is 0 Å². The first-order valence-electron chi connectivity index (χ1n) is 6.71. The summed E-state index contributed by atoms with van der Waals surface area (Å²) in [6, 6.07) is 3.31. The molecule has 0 spiro atoms. The van der Waals surface area contributed by atoms with Crippen molar-refractivity contribution in [3.05, 3.63) is 17.5 Å². The van der Waals surface area contributed by atoms with Crippen LogP contribution in [0.2, 0.25) is 0 Å². The molecule has 0 atom stereocenters. The van der Waals surface area contributed by atoms with Gasteiger partial charge in [0.2, 0.25) is 5.91 Å². The average molecular weight is 318 g/mol. The Labute approximate surface area is 125 Å². The van der Waals surface area contributed by atoms with Crippen molar-refractivity contribution < 1.29 is 13.2 Å². The second-order valence-electron chi connectivity index (χ2n) is 4.43. The zero-order valence-electron chi connectivity index (χ0n) is 12.2. The Bertz CT molecular complexity index is 508. The summed E-state index contributed by atoms with van der Waals surface area (Å²) in [7, 11) is -1.85. The number of nitrogens with zero attached hydrogens (tertiary/aromatic N) is 2. The number of hydrogen-bond acceptors (Lipinski definition) is 4. The molecule has 0 N–H and O–H groups in total. The van der Waals surface area contributed by atoms with Gasteiger partial charge in [-0.2, -0.15) is 0 Å². The molecule has 0 aliphatic rings. The summed E-state index contributed by atoms with van der Waals surface area (Å²) in [6.45, 7) is 5.62. The highest BCUT2D eigenvalue weighted by Gasteiger charge is 2.21. The fourth-order valence-electron chi connectivity index (χ4n) is 1.87. The molecule has 0 aliphatic heterocycles. The highest BCUT2D eigenvalue weighted by Crippen LogP contribution is 2.20. The van der Waals surface area contributed by atoms with Gasteiger partial charge in [-0.3, -0.25) is 4.79 Å². The molecule has 0 unspecified atom stereocenters. The molecule has 0 radical (unpaired) electrons. The molecule has 1 aromatic heterocycles. The lowest BCUT2D eigenvalue weighted by Gasteiger charge is -2.20. The van der Waals surface area contributed by atoms with Crippen molar-refractivity contribution in [2.75, 3.05) is 26.7 Å². The van der Waals surface area contributed by atoms with Gasteiger partial charge in [0.05, 0.1) is 0 Å². The van der Waals surface area contributed by atoms with Gasteiger partial charge in [0, 0.05) is 33.1 Å². The molecule has 1 rings (SSSR count). The van der Waals surface area contributed by atoms with Crippen LogP contribution < -0.4 is 0 Å². The third-order valence-electron chi connectivity index (χ3n) is 3.14. The van der Waals surface area contributed by atoms with Crippen molar-refractivity contribution in [2.24, 2.45) is 0 Å². The molecule has 1 amide bonds. The number of sulfonamides is 1. The smallest absolute Gasteiger partial charge is 0.252 e. The van der Waals surface area contributed by atoms with Crippen molar-refractivity contribution in [2.45, 2.75) is 30.9 Å². The number of hydrogen-bond donors (Lipinski definition) is 0. The zero-order chi connectivity index (χ0) is 15.2. The van der Waals surface area contributed by atoms with E-state index in [1.54, 1.807) is 29.5 Å². The van der Waals surface area contributed by atoms with Gasteiger partial charge in [-0.15, -0.1) is 11.3 Å². The maximum atomic E-state index is 12.2. The summed E-state index contributed by atoms with van der Waals surface area (Å²) in [6.07, 6.45) is 0.919. The van der Waals surface area contributed by atoms with Gasteiger partial charge >= 0.3 is 0 Å². The van der Waals surface area contributed by atoms with Crippen molar-refractivity contribution >= 4 is 27.3 Å². The van der Waals surface area contributed by atoms with E-state index < -0.39 is 10.0 Å². The van der Waals surface area contributed by atoms with Gasteiger partial charge in [0.15, 0.2) is 0 Å². The highest BCUT2D eigenvalue weighted by molar-refractivity contribution is 7.91. The Morgan fingerprint density at radius 3 is 2.45 bits per heavy atom. The fraction of sp³-hybridized carbons (Fsp3) is 0.615. The predicted molar refractivity (Wildman–Crippen MR) is 81.3 cm³/mol. The number of carbonyl (C=O) groups excluding carboxylic acids is 1. The van der Waals surface area contributed by atoms with E-state index in [-0.39, 0.29) is 5.91 Å². The van der Waals surface area contributed by atoms with E-state index in [9.17, 15) is 13.2 Å². The molecule has 5 nitrogen and oxygen atoms in total. The minimum Gasteiger partial charge on any atom is -0.343 e. The number of amides is 1. The maximum absolute atomic E-state index is 12.2. The maximum Gasteiger partial charge on any atom is 0.252 e. The van der Waals surface area contributed by atoms with Crippen LogP contribution in [0.15, 0.2) is 21.7 Å². The van der Waals surface area contributed by atoms with E-state index in [0.29, 0.717) is 36.7 Å². The first kappa shape index (κ1) is 17.1. The Hall–Kier alpha value is -0.920. The summed E-state index contributed by atoms with van der Waals surface area (Å²) < 4.78 is 26.0. The molecule has 7 heteroatoms. The van der Waals surface area contributed by atoms with Crippen LogP contribution in [0.1, 0.15) is 26.7 Å². The Morgan fingerprint density at radius 2 is 1.95 bits per heavy atom. The van der Waals surface area contributed by atoms with E-state index in [0.717, 1.165) is 0 Å². The summed E-state index contributed by atoms with van der Waals surface area (Å²) in [5.74, 6) is 0.0805. The van der Waals surface area contributed by atoms with Crippen molar-refractivity contribution in [1.82, 2.24) is 9.21 Å². The molecule has 114 valence electrons. The first-order chi connectivity index (χ1) is 9.43. The molecule has 0 aromatic carbocycles. The van der Waals surface area contributed by atoms with Gasteiger partial charge in [0.1, 0.15) is 4.21 Å². The van der Waals surface area contributed by atoms with E-state index in [1.165, 1.54) is 15.6 Å². The minimum absolute atomic E-state index is 0.0805. The molecule has 1 heterocycles. The molecule has 0 bridgehead atoms. The van der Waals surface area contributed by atoms with Crippen LogP contribution in [0.3, 0.4) is 0 Å². The predicted octanol–water partition coefficient (Wildman–Crippen LogP) is 2.02. The van der Waals surface area contributed by atoms with Crippen molar-refractivity contribution in [1.29, 1.82) is 0 Å². The lowest BCUT2D eigenvalue weighted by Crippen LogP contribution is -2.32. The Kier molecular flexibility index (Phi) is 6.64. The Morgan fingerprint density at radius 1 is 1.30 bits per heavy atom. The van der Waals surface area contributed by atoms with Crippen LogP contribution in [0.25, 0.3) is 0 Å². The first-order valence-corrected chi connectivity index (χ1v) is 9.03. The molecule has 0 aliphatic carbocycles. The summed E-state index contributed by atoms with van der Waals surface area (Å²) in [4.78, 5) is 13.6. The van der Waals surface area contributed by atoms with Crippen LogP contribution in [-0.4, -0.2) is 50.2 Å². The molecule has 0 saturated heterocycles. The Balaban J connectivity index is 2.48. The molecular weight excluding hydrogens is 296 g/mol. The van der Waals surface area contributed by atoms with Gasteiger partial charge in [-0.05, 0) is 31.7 Å². The molecule has 0 saturated carbocycles.